The molecule has 1 fully saturated rings. The number of aryl methyl sites for hydroxylation is 1. The van der Waals surface area contributed by atoms with Crippen LogP contribution in [-0.2, 0) is 13.1 Å². The molecular weight excluding hydrogens is 507 g/mol. The Hall–Kier alpha value is -2.18. The first-order valence-electron chi connectivity index (χ1n) is 9.81. The molecule has 0 amide bonds. The molecule has 1 aromatic heterocycles. The second-order valence-corrected chi connectivity index (χ2v) is 6.65. The number of benzene rings is 1. The highest BCUT2D eigenvalue weighted by molar-refractivity contribution is 14.0. The maximum Gasteiger partial charge on any atom is 0.387 e. The molecule has 1 aromatic carbocycles. The van der Waals surface area contributed by atoms with Crippen molar-refractivity contribution in [3.05, 3.63) is 36.4 Å². The van der Waals surface area contributed by atoms with Crippen molar-refractivity contribution in [3.8, 4) is 5.75 Å². The van der Waals surface area contributed by atoms with Gasteiger partial charge in [0.2, 0.25) is 0 Å². The summed E-state index contributed by atoms with van der Waals surface area (Å²) in [6.07, 6.45) is 2.55. The van der Waals surface area contributed by atoms with Gasteiger partial charge < -0.3 is 24.8 Å². The Labute approximate surface area is 192 Å². The van der Waals surface area contributed by atoms with Gasteiger partial charge in [0.1, 0.15) is 18.6 Å². The number of alkyl halides is 2. The van der Waals surface area contributed by atoms with Crippen LogP contribution in [0.4, 0.5) is 14.5 Å². The van der Waals surface area contributed by atoms with E-state index in [0.717, 1.165) is 31.9 Å². The molecule has 0 aliphatic carbocycles. The third-order valence-electron chi connectivity index (χ3n) is 4.71. The summed E-state index contributed by atoms with van der Waals surface area (Å²) in [7, 11) is 0. The zero-order valence-electron chi connectivity index (χ0n) is 17.1. The highest BCUT2D eigenvalue weighted by Crippen LogP contribution is 2.31. The normalized spacial score (nSPS) is 16.5. The molecule has 0 saturated carbocycles. The third-order valence-corrected chi connectivity index (χ3v) is 4.71. The molecule has 0 bridgehead atoms. The largest absolute Gasteiger partial charge is 0.433 e. The summed E-state index contributed by atoms with van der Waals surface area (Å²) in [5.74, 6) is 1.69. The van der Waals surface area contributed by atoms with Gasteiger partial charge in [-0.15, -0.1) is 34.2 Å². The zero-order chi connectivity index (χ0) is 20.6. The second kappa shape index (κ2) is 11.9. The number of hydrogen-bond acceptors (Lipinski definition) is 5. The first kappa shape index (κ1) is 24.1. The van der Waals surface area contributed by atoms with Gasteiger partial charge >= 0.3 is 6.61 Å². The van der Waals surface area contributed by atoms with E-state index in [9.17, 15) is 8.78 Å². The summed E-state index contributed by atoms with van der Waals surface area (Å²) in [5, 5.41) is 14.7. The number of aromatic nitrogens is 3. The number of anilines is 1. The van der Waals surface area contributed by atoms with E-state index >= 15 is 0 Å². The van der Waals surface area contributed by atoms with Crippen molar-refractivity contribution in [2.24, 2.45) is 4.99 Å². The van der Waals surface area contributed by atoms with Crippen LogP contribution in [0.3, 0.4) is 0 Å². The number of para-hydroxylation sites is 2. The van der Waals surface area contributed by atoms with Crippen molar-refractivity contribution < 1.29 is 13.5 Å². The van der Waals surface area contributed by atoms with Gasteiger partial charge in [0.25, 0.3) is 0 Å². The molecular formula is C19H28F2IN7O. The smallest absolute Gasteiger partial charge is 0.387 e. The number of halogens is 3. The van der Waals surface area contributed by atoms with Gasteiger partial charge in [0, 0.05) is 32.2 Å². The van der Waals surface area contributed by atoms with Crippen molar-refractivity contribution in [2.75, 3.05) is 24.5 Å². The van der Waals surface area contributed by atoms with Gasteiger partial charge in [-0.3, -0.25) is 0 Å². The fraction of sp³-hybridized carbons (Fsp3) is 0.526. The average Bonchev–Trinajstić information content (AvgIpc) is 3.35. The lowest BCUT2D eigenvalue weighted by Gasteiger charge is -2.22. The molecule has 30 heavy (non-hydrogen) atoms. The summed E-state index contributed by atoms with van der Waals surface area (Å²) >= 11 is 0. The van der Waals surface area contributed by atoms with Gasteiger partial charge in [-0.25, -0.2) is 4.99 Å². The van der Waals surface area contributed by atoms with Crippen LogP contribution < -0.4 is 20.3 Å². The van der Waals surface area contributed by atoms with E-state index in [0.29, 0.717) is 24.7 Å². The predicted octanol–water partition coefficient (Wildman–Crippen LogP) is 2.85. The Kier molecular flexibility index (Phi) is 9.53. The molecule has 1 aliphatic heterocycles. The van der Waals surface area contributed by atoms with Gasteiger partial charge in [0.05, 0.1) is 5.69 Å². The van der Waals surface area contributed by atoms with E-state index in [1.54, 1.807) is 24.5 Å². The van der Waals surface area contributed by atoms with Crippen LogP contribution in [0.5, 0.6) is 5.75 Å². The number of hydrogen-bond donors (Lipinski definition) is 2. The van der Waals surface area contributed by atoms with Crippen molar-refractivity contribution in [1.82, 2.24) is 25.4 Å². The number of nitrogens with one attached hydrogen (secondary N) is 2. The minimum Gasteiger partial charge on any atom is -0.433 e. The second-order valence-electron chi connectivity index (χ2n) is 6.65. The number of guanidine groups is 1. The Morgan fingerprint density at radius 3 is 2.87 bits per heavy atom. The molecule has 1 aliphatic rings. The fourth-order valence-corrected chi connectivity index (χ4v) is 3.34. The number of nitrogens with zero attached hydrogens (tertiary/aromatic N) is 5. The molecule has 3 rings (SSSR count). The quantitative estimate of drug-likeness (QED) is 0.308. The first-order valence-corrected chi connectivity index (χ1v) is 9.81. The SMILES string of the molecule is CCNC(=NCc1nncn1CC)NC1CCN(c2ccccc2OC(F)F)C1.I. The maximum atomic E-state index is 12.7. The third kappa shape index (κ3) is 6.41. The van der Waals surface area contributed by atoms with Crippen LogP contribution in [0.25, 0.3) is 0 Å². The molecule has 0 spiro atoms. The Bertz CT molecular complexity index is 818. The molecule has 11 heteroatoms. The standard InChI is InChI=1S/C19H27F2N7O.HI/c1-3-22-19(23-11-17-26-24-13-27(17)4-2)25-14-9-10-28(12-14)15-7-5-6-8-16(15)29-18(20)21;/h5-8,13-14,18H,3-4,9-12H2,1-2H3,(H2,22,23,25);1H. The molecule has 2 heterocycles. The number of ether oxygens (including phenoxy) is 1. The van der Waals surface area contributed by atoms with Crippen molar-refractivity contribution in [2.45, 2.75) is 46.0 Å². The molecule has 166 valence electrons. The number of rotatable bonds is 8. The molecule has 1 saturated heterocycles. The average molecular weight is 535 g/mol. The van der Waals surface area contributed by atoms with Crippen LogP contribution in [0, 0.1) is 0 Å². The molecule has 2 aromatic rings. The van der Waals surface area contributed by atoms with Crippen LogP contribution >= 0.6 is 24.0 Å². The molecule has 2 N–H and O–H groups in total. The van der Waals surface area contributed by atoms with Crippen LogP contribution in [0.15, 0.2) is 35.6 Å². The Morgan fingerprint density at radius 1 is 1.33 bits per heavy atom. The fourth-order valence-electron chi connectivity index (χ4n) is 3.34. The minimum atomic E-state index is -2.84. The minimum absolute atomic E-state index is 0. The van der Waals surface area contributed by atoms with E-state index in [-0.39, 0.29) is 35.8 Å². The Balaban J connectivity index is 0.00000320. The van der Waals surface area contributed by atoms with Gasteiger partial charge in [-0.2, -0.15) is 8.78 Å². The lowest BCUT2D eigenvalue weighted by atomic mass is 10.2. The highest BCUT2D eigenvalue weighted by atomic mass is 127. The van der Waals surface area contributed by atoms with Gasteiger partial charge in [-0.05, 0) is 32.4 Å². The molecule has 1 atom stereocenters. The molecule has 0 radical (unpaired) electrons. The molecule has 1 unspecified atom stereocenters. The van der Waals surface area contributed by atoms with E-state index < -0.39 is 6.61 Å². The first-order chi connectivity index (χ1) is 14.1. The van der Waals surface area contributed by atoms with E-state index in [4.69, 9.17) is 0 Å². The van der Waals surface area contributed by atoms with Gasteiger partial charge in [-0.1, -0.05) is 12.1 Å². The lowest BCUT2D eigenvalue weighted by molar-refractivity contribution is -0.0495. The summed E-state index contributed by atoms with van der Waals surface area (Å²) in [4.78, 5) is 6.66. The van der Waals surface area contributed by atoms with Crippen LogP contribution in [0.2, 0.25) is 0 Å². The topological polar surface area (TPSA) is 79.6 Å². The van der Waals surface area contributed by atoms with E-state index in [2.05, 4.69) is 30.6 Å². The van der Waals surface area contributed by atoms with E-state index in [1.807, 2.05) is 29.4 Å². The van der Waals surface area contributed by atoms with Crippen LogP contribution in [-0.4, -0.2) is 53.0 Å². The Morgan fingerprint density at radius 2 is 2.13 bits per heavy atom. The van der Waals surface area contributed by atoms with Crippen molar-refractivity contribution in [1.29, 1.82) is 0 Å². The van der Waals surface area contributed by atoms with Gasteiger partial charge in [0.15, 0.2) is 11.8 Å². The monoisotopic (exact) mass is 535 g/mol. The highest BCUT2D eigenvalue weighted by Gasteiger charge is 2.26. The number of aliphatic imine (C=N–C) groups is 1. The predicted molar refractivity (Wildman–Crippen MR) is 123 cm³/mol. The maximum absolute atomic E-state index is 12.7. The summed E-state index contributed by atoms with van der Waals surface area (Å²) in [6.45, 7) is 4.54. The lowest BCUT2D eigenvalue weighted by Crippen LogP contribution is -2.44. The summed E-state index contributed by atoms with van der Waals surface area (Å²) in [6, 6.07) is 7.02. The zero-order valence-corrected chi connectivity index (χ0v) is 19.4. The van der Waals surface area contributed by atoms with Crippen molar-refractivity contribution in [3.63, 3.8) is 0 Å². The summed E-state index contributed by atoms with van der Waals surface area (Å²) < 4.78 is 32.0. The molecule has 8 nitrogen and oxygen atoms in total. The van der Waals surface area contributed by atoms with E-state index in [1.165, 1.54) is 0 Å². The summed E-state index contributed by atoms with van der Waals surface area (Å²) in [5.41, 5.74) is 0.676. The van der Waals surface area contributed by atoms with Crippen molar-refractivity contribution >= 4 is 35.6 Å². The van der Waals surface area contributed by atoms with Crippen LogP contribution in [0.1, 0.15) is 26.1 Å².